The summed E-state index contributed by atoms with van der Waals surface area (Å²) in [5.74, 6) is -0.856. The topological polar surface area (TPSA) is 69.7 Å². The number of fused-ring (bicyclic) bond motifs is 1. The molecule has 110 valence electrons. The molecule has 0 aliphatic carbocycles. The number of imide groups is 2. The van der Waals surface area contributed by atoms with Crippen molar-refractivity contribution in [3.05, 3.63) is 0 Å². The summed E-state index contributed by atoms with van der Waals surface area (Å²) in [6, 6.07) is -0.366. The monoisotopic (exact) mass is 279 g/mol. The molecule has 0 bridgehead atoms. The van der Waals surface area contributed by atoms with Gasteiger partial charge in [-0.05, 0) is 39.7 Å². The fourth-order valence-electron chi connectivity index (χ4n) is 3.63. The molecule has 0 aromatic carbocycles. The molecule has 3 heterocycles. The minimum atomic E-state index is -1.16. The zero-order valence-corrected chi connectivity index (χ0v) is 12.0. The summed E-state index contributed by atoms with van der Waals surface area (Å²) < 4.78 is 0. The van der Waals surface area contributed by atoms with Gasteiger partial charge in [-0.3, -0.25) is 24.7 Å². The summed E-state index contributed by atoms with van der Waals surface area (Å²) >= 11 is 0. The van der Waals surface area contributed by atoms with Crippen molar-refractivity contribution in [2.45, 2.75) is 51.6 Å². The van der Waals surface area contributed by atoms with E-state index in [1.54, 1.807) is 13.8 Å². The lowest BCUT2D eigenvalue weighted by atomic mass is 9.87. The van der Waals surface area contributed by atoms with Gasteiger partial charge in [0.25, 0.3) is 0 Å². The maximum absolute atomic E-state index is 12.6. The molecule has 3 aliphatic heterocycles. The molecule has 20 heavy (non-hydrogen) atoms. The molecule has 3 saturated heterocycles. The van der Waals surface area contributed by atoms with Gasteiger partial charge in [0.2, 0.25) is 11.8 Å². The minimum Gasteiger partial charge on any atom is -0.298 e. The highest BCUT2D eigenvalue weighted by Gasteiger charge is 2.52. The van der Waals surface area contributed by atoms with Crippen LogP contribution in [0.1, 0.15) is 39.5 Å². The Hall–Kier alpha value is -1.43. The predicted molar refractivity (Wildman–Crippen MR) is 71.8 cm³/mol. The van der Waals surface area contributed by atoms with Crippen LogP contribution in [0.2, 0.25) is 0 Å². The minimum absolute atomic E-state index is 0.0878. The molecule has 0 aromatic heterocycles. The number of nitrogens with zero attached hydrogens (tertiary/aromatic N) is 2. The van der Waals surface area contributed by atoms with Gasteiger partial charge in [-0.15, -0.1) is 0 Å². The van der Waals surface area contributed by atoms with Gasteiger partial charge in [0, 0.05) is 12.6 Å². The van der Waals surface area contributed by atoms with E-state index in [1.807, 2.05) is 0 Å². The molecule has 6 heteroatoms. The second-order valence-electron chi connectivity index (χ2n) is 6.51. The van der Waals surface area contributed by atoms with E-state index in [0.717, 1.165) is 32.4 Å². The van der Waals surface area contributed by atoms with Crippen LogP contribution in [-0.2, 0) is 9.59 Å². The van der Waals surface area contributed by atoms with E-state index < -0.39 is 17.4 Å². The largest absolute Gasteiger partial charge is 0.331 e. The maximum atomic E-state index is 12.6. The Labute approximate surface area is 118 Å². The summed E-state index contributed by atoms with van der Waals surface area (Å²) in [4.78, 5) is 40.2. The summed E-state index contributed by atoms with van der Waals surface area (Å²) in [5.41, 5.74) is -1.16. The first-order valence-electron chi connectivity index (χ1n) is 7.36. The van der Waals surface area contributed by atoms with Gasteiger partial charge in [-0.25, -0.2) is 4.79 Å². The van der Waals surface area contributed by atoms with Gasteiger partial charge in [0.1, 0.15) is 5.41 Å². The van der Waals surface area contributed by atoms with Crippen LogP contribution in [0.5, 0.6) is 0 Å². The molecule has 3 aliphatic rings. The van der Waals surface area contributed by atoms with Crippen molar-refractivity contribution < 1.29 is 14.4 Å². The SMILES string of the molecule is CC1(C)C(=O)NC(=O)N(C2CCN3CCCCC23)C1=O. The third kappa shape index (κ3) is 1.85. The highest BCUT2D eigenvalue weighted by atomic mass is 16.2. The highest BCUT2D eigenvalue weighted by molar-refractivity contribution is 6.18. The van der Waals surface area contributed by atoms with Gasteiger partial charge in [-0.1, -0.05) is 6.42 Å². The average Bonchev–Trinajstić information content (AvgIpc) is 2.81. The van der Waals surface area contributed by atoms with Gasteiger partial charge >= 0.3 is 6.03 Å². The normalized spacial score (nSPS) is 34.1. The molecule has 3 rings (SSSR count). The Kier molecular flexibility index (Phi) is 3.08. The van der Waals surface area contributed by atoms with Crippen molar-refractivity contribution in [2.24, 2.45) is 5.41 Å². The quantitative estimate of drug-likeness (QED) is 0.718. The van der Waals surface area contributed by atoms with Gasteiger partial charge in [0.15, 0.2) is 0 Å². The van der Waals surface area contributed by atoms with Crippen LogP contribution in [0, 0.1) is 5.41 Å². The first-order valence-corrected chi connectivity index (χ1v) is 7.36. The molecular weight excluding hydrogens is 258 g/mol. The highest BCUT2D eigenvalue weighted by Crippen LogP contribution is 2.34. The van der Waals surface area contributed by atoms with E-state index in [1.165, 1.54) is 11.3 Å². The molecule has 0 aromatic rings. The van der Waals surface area contributed by atoms with E-state index in [-0.39, 0.29) is 18.0 Å². The van der Waals surface area contributed by atoms with Crippen molar-refractivity contribution in [3.8, 4) is 0 Å². The van der Waals surface area contributed by atoms with E-state index in [2.05, 4.69) is 10.2 Å². The van der Waals surface area contributed by atoms with Crippen LogP contribution in [0.3, 0.4) is 0 Å². The second kappa shape index (κ2) is 4.55. The molecule has 2 unspecified atom stereocenters. The average molecular weight is 279 g/mol. The van der Waals surface area contributed by atoms with Gasteiger partial charge < -0.3 is 0 Å². The van der Waals surface area contributed by atoms with Gasteiger partial charge in [0.05, 0.1) is 6.04 Å². The summed E-state index contributed by atoms with van der Waals surface area (Å²) in [6.07, 6.45) is 4.17. The van der Waals surface area contributed by atoms with E-state index in [4.69, 9.17) is 0 Å². The summed E-state index contributed by atoms with van der Waals surface area (Å²) in [5, 5.41) is 2.33. The van der Waals surface area contributed by atoms with Crippen molar-refractivity contribution in [1.82, 2.24) is 15.1 Å². The number of amides is 4. The zero-order valence-electron chi connectivity index (χ0n) is 12.0. The van der Waals surface area contributed by atoms with Crippen molar-refractivity contribution in [3.63, 3.8) is 0 Å². The summed E-state index contributed by atoms with van der Waals surface area (Å²) in [6.45, 7) is 5.14. The molecule has 2 atom stereocenters. The number of piperidine rings is 1. The number of urea groups is 1. The second-order valence-corrected chi connectivity index (χ2v) is 6.51. The van der Waals surface area contributed by atoms with Crippen LogP contribution in [0.25, 0.3) is 0 Å². The van der Waals surface area contributed by atoms with Crippen LogP contribution >= 0.6 is 0 Å². The standard InChI is InChI=1S/C14H21N3O3/c1-14(2)11(18)15-13(20)17(12(14)19)10-6-8-16-7-4-3-5-9(10)16/h9-10H,3-8H2,1-2H3,(H,15,18,20). The fourth-order valence-corrected chi connectivity index (χ4v) is 3.63. The number of carbonyl (C=O) groups excluding carboxylic acids is 3. The Bertz CT molecular complexity index is 474. The molecule has 1 N–H and O–H groups in total. The van der Waals surface area contributed by atoms with Gasteiger partial charge in [-0.2, -0.15) is 0 Å². The Balaban J connectivity index is 1.87. The van der Waals surface area contributed by atoms with Crippen molar-refractivity contribution in [1.29, 1.82) is 0 Å². The van der Waals surface area contributed by atoms with Crippen LogP contribution < -0.4 is 5.32 Å². The van der Waals surface area contributed by atoms with Crippen molar-refractivity contribution >= 4 is 17.8 Å². The first-order chi connectivity index (χ1) is 9.43. The first kappa shape index (κ1) is 13.5. The Morgan fingerprint density at radius 3 is 2.55 bits per heavy atom. The van der Waals surface area contributed by atoms with Crippen molar-refractivity contribution in [2.75, 3.05) is 13.1 Å². The number of carbonyl (C=O) groups is 3. The molecule has 0 radical (unpaired) electrons. The third-order valence-corrected chi connectivity index (χ3v) is 4.91. The molecule has 0 spiro atoms. The van der Waals surface area contributed by atoms with E-state index >= 15 is 0 Å². The van der Waals surface area contributed by atoms with Crippen LogP contribution in [0.15, 0.2) is 0 Å². The van der Waals surface area contributed by atoms with E-state index in [0.29, 0.717) is 0 Å². The molecular formula is C14H21N3O3. The molecule has 3 fully saturated rings. The molecule has 6 nitrogen and oxygen atoms in total. The number of hydrogen-bond acceptors (Lipinski definition) is 4. The lowest BCUT2D eigenvalue weighted by molar-refractivity contribution is -0.151. The lowest BCUT2D eigenvalue weighted by Crippen LogP contribution is -2.66. The lowest BCUT2D eigenvalue weighted by Gasteiger charge is -2.41. The Morgan fingerprint density at radius 2 is 1.80 bits per heavy atom. The number of hydrogen-bond donors (Lipinski definition) is 1. The molecule has 4 amide bonds. The molecule has 0 saturated carbocycles. The zero-order chi connectivity index (χ0) is 14.5. The van der Waals surface area contributed by atoms with Crippen LogP contribution in [-0.4, -0.2) is 52.8 Å². The maximum Gasteiger partial charge on any atom is 0.331 e. The fraction of sp³-hybridized carbons (Fsp3) is 0.786. The number of nitrogens with one attached hydrogen (secondary N) is 1. The summed E-state index contributed by atoms with van der Waals surface area (Å²) in [7, 11) is 0. The van der Waals surface area contributed by atoms with Crippen LogP contribution in [0.4, 0.5) is 4.79 Å². The number of barbiturate groups is 1. The number of rotatable bonds is 1. The van der Waals surface area contributed by atoms with E-state index in [9.17, 15) is 14.4 Å². The Morgan fingerprint density at radius 1 is 1.05 bits per heavy atom. The third-order valence-electron chi connectivity index (χ3n) is 4.91. The smallest absolute Gasteiger partial charge is 0.298 e. The predicted octanol–water partition coefficient (Wildman–Crippen LogP) is 0.718.